The Kier molecular flexibility index (Phi) is 4.52. The molecule has 0 radical (unpaired) electrons. The van der Waals surface area contributed by atoms with Crippen LogP contribution in [0.1, 0.15) is 25.6 Å². The Balaban J connectivity index is 2.36. The summed E-state index contributed by atoms with van der Waals surface area (Å²) in [6.45, 7) is 6.07. The Morgan fingerprint density at radius 3 is 2.89 bits per heavy atom. The molecular formula is C12H18BrN5. The van der Waals surface area contributed by atoms with Crippen LogP contribution in [0, 0.1) is 6.92 Å². The van der Waals surface area contributed by atoms with Gasteiger partial charge in [-0.05, 0) is 13.3 Å². The smallest absolute Gasteiger partial charge is 0.203 e. The summed E-state index contributed by atoms with van der Waals surface area (Å²) in [6, 6.07) is 0. The van der Waals surface area contributed by atoms with Crippen molar-refractivity contribution < 1.29 is 0 Å². The van der Waals surface area contributed by atoms with Crippen LogP contribution in [0.2, 0.25) is 0 Å². The predicted molar refractivity (Wildman–Crippen MR) is 76.4 cm³/mol. The normalized spacial score (nSPS) is 11.1. The fourth-order valence-electron chi connectivity index (χ4n) is 1.93. The molecule has 0 unspecified atom stereocenters. The molecule has 0 bridgehead atoms. The molecular weight excluding hydrogens is 294 g/mol. The third kappa shape index (κ3) is 2.63. The fraction of sp³-hybridized carbons (Fsp3) is 0.583. The Bertz CT molecular complexity index is 510. The van der Waals surface area contributed by atoms with Crippen molar-refractivity contribution in [2.24, 2.45) is 0 Å². The number of unbranched alkanes of at least 4 members (excludes halogenated alkanes) is 1. The number of alkyl halides is 1. The van der Waals surface area contributed by atoms with E-state index in [-0.39, 0.29) is 0 Å². The molecule has 2 heterocycles. The molecule has 98 valence electrons. The van der Waals surface area contributed by atoms with Crippen molar-refractivity contribution in [3.05, 3.63) is 18.2 Å². The van der Waals surface area contributed by atoms with Gasteiger partial charge in [0.05, 0.1) is 0 Å². The third-order valence-corrected chi connectivity index (χ3v) is 3.27. The van der Waals surface area contributed by atoms with Crippen molar-refractivity contribution in [2.45, 2.75) is 26.7 Å². The van der Waals surface area contributed by atoms with Crippen molar-refractivity contribution in [3.63, 3.8) is 0 Å². The van der Waals surface area contributed by atoms with Gasteiger partial charge in [0, 0.05) is 30.8 Å². The zero-order chi connectivity index (χ0) is 13.0. The highest BCUT2D eigenvalue weighted by Gasteiger charge is 2.14. The van der Waals surface area contributed by atoms with Gasteiger partial charge in [0.25, 0.3) is 0 Å². The number of fused-ring (bicyclic) bond motifs is 1. The summed E-state index contributed by atoms with van der Waals surface area (Å²) in [4.78, 5) is 6.74. The predicted octanol–water partition coefficient (Wildman–Crippen LogP) is 2.43. The van der Waals surface area contributed by atoms with E-state index in [9.17, 15) is 0 Å². The minimum Gasteiger partial charge on any atom is -0.353 e. The quantitative estimate of drug-likeness (QED) is 0.769. The molecule has 0 aliphatic carbocycles. The first-order valence-electron chi connectivity index (χ1n) is 6.25. The van der Waals surface area contributed by atoms with Crippen LogP contribution in [0.15, 0.2) is 12.4 Å². The standard InChI is InChI=1S/C12H18BrN5/c1-3-4-7-17(8-5-13)11-12-16-15-10(2)18(12)9-6-14-11/h6,9H,3-5,7-8H2,1-2H3. The fourth-order valence-corrected chi connectivity index (χ4v) is 2.35. The summed E-state index contributed by atoms with van der Waals surface area (Å²) in [5.74, 6) is 1.81. The van der Waals surface area contributed by atoms with Crippen molar-refractivity contribution >= 4 is 27.4 Å². The molecule has 0 saturated carbocycles. The summed E-state index contributed by atoms with van der Waals surface area (Å²) in [5.41, 5.74) is 0.840. The van der Waals surface area contributed by atoms with Crippen LogP contribution >= 0.6 is 15.9 Å². The molecule has 2 aromatic rings. The molecule has 2 rings (SSSR count). The molecule has 5 nitrogen and oxygen atoms in total. The Hall–Kier alpha value is -1.17. The molecule has 0 fully saturated rings. The third-order valence-electron chi connectivity index (χ3n) is 2.91. The monoisotopic (exact) mass is 311 g/mol. The second kappa shape index (κ2) is 6.13. The summed E-state index contributed by atoms with van der Waals surface area (Å²) in [5, 5.41) is 9.26. The number of hydrogen-bond donors (Lipinski definition) is 0. The number of aryl methyl sites for hydroxylation is 1. The van der Waals surface area contributed by atoms with Gasteiger partial charge >= 0.3 is 0 Å². The molecule has 0 saturated heterocycles. The molecule has 0 amide bonds. The molecule has 18 heavy (non-hydrogen) atoms. The van der Waals surface area contributed by atoms with Crippen LogP contribution in [-0.2, 0) is 0 Å². The van der Waals surface area contributed by atoms with Gasteiger partial charge in [0.15, 0.2) is 5.82 Å². The van der Waals surface area contributed by atoms with E-state index >= 15 is 0 Å². The van der Waals surface area contributed by atoms with Crippen LogP contribution in [0.5, 0.6) is 0 Å². The van der Waals surface area contributed by atoms with Gasteiger partial charge in [-0.25, -0.2) is 4.98 Å². The van der Waals surface area contributed by atoms with Gasteiger partial charge in [-0.15, -0.1) is 10.2 Å². The SMILES string of the molecule is CCCCN(CCBr)c1nccn2c(C)nnc12. The van der Waals surface area contributed by atoms with Crippen LogP contribution in [0.3, 0.4) is 0 Å². The molecule has 0 N–H and O–H groups in total. The van der Waals surface area contributed by atoms with Crippen molar-refractivity contribution in [2.75, 3.05) is 23.3 Å². The van der Waals surface area contributed by atoms with Gasteiger partial charge in [0.2, 0.25) is 5.65 Å². The Morgan fingerprint density at radius 2 is 2.17 bits per heavy atom. The summed E-state index contributed by atoms with van der Waals surface area (Å²) in [7, 11) is 0. The lowest BCUT2D eigenvalue weighted by Gasteiger charge is -2.22. The second-order valence-electron chi connectivity index (χ2n) is 4.22. The van der Waals surface area contributed by atoms with Crippen molar-refractivity contribution in [1.29, 1.82) is 0 Å². The zero-order valence-corrected chi connectivity index (χ0v) is 12.4. The van der Waals surface area contributed by atoms with Crippen LogP contribution in [-0.4, -0.2) is 38.0 Å². The minimum absolute atomic E-state index is 0.840. The van der Waals surface area contributed by atoms with Crippen molar-refractivity contribution in [3.8, 4) is 0 Å². The van der Waals surface area contributed by atoms with E-state index in [4.69, 9.17) is 0 Å². The highest BCUT2D eigenvalue weighted by molar-refractivity contribution is 9.09. The van der Waals surface area contributed by atoms with E-state index in [1.54, 1.807) is 0 Å². The maximum Gasteiger partial charge on any atom is 0.203 e. The summed E-state index contributed by atoms with van der Waals surface area (Å²) in [6.07, 6.45) is 6.04. The van der Waals surface area contributed by atoms with E-state index in [0.717, 1.165) is 42.1 Å². The first kappa shape index (κ1) is 13.3. The molecule has 0 aliphatic rings. The lowest BCUT2D eigenvalue weighted by Crippen LogP contribution is -2.28. The van der Waals surface area contributed by atoms with Crippen LogP contribution in [0.25, 0.3) is 5.65 Å². The topological polar surface area (TPSA) is 46.3 Å². The average Bonchev–Trinajstić information content (AvgIpc) is 2.77. The maximum absolute atomic E-state index is 4.47. The number of rotatable bonds is 6. The minimum atomic E-state index is 0.840. The van der Waals surface area contributed by atoms with E-state index in [1.807, 2.05) is 23.7 Å². The molecule has 6 heteroatoms. The van der Waals surface area contributed by atoms with Gasteiger partial charge in [-0.3, -0.25) is 4.40 Å². The summed E-state index contributed by atoms with van der Waals surface area (Å²) >= 11 is 3.50. The van der Waals surface area contributed by atoms with E-state index in [0.29, 0.717) is 0 Å². The van der Waals surface area contributed by atoms with Gasteiger partial charge < -0.3 is 4.90 Å². The lowest BCUT2D eigenvalue weighted by atomic mass is 10.3. The number of anilines is 1. The van der Waals surface area contributed by atoms with Crippen LogP contribution < -0.4 is 4.90 Å². The van der Waals surface area contributed by atoms with E-state index in [2.05, 4.69) is 42.9 Å². The summed E-state index contributed by atoms with van der Waals surface area (Å²) < 4.78 is 1.98. The molecule has 0 aromatic carbocycles. The highest BCUT2D eigenvalue weighted by Crippen LogP contribution is 2.18. The molecule has 0 spiro atoms. The number of nitrogens with zero attached hydrogens (tertiary/aromatic N) is 5. The van der Waals surface area contributed by atoms with Crippen LogP contribution in [0.4, 0.5) is 5.82 Å². The largest absolute Gasteiger partial charge is 0.353 e. The Labute approximate surface area is 115 Å². The van der Waals surface area contributed by atoms with Crippen molar-refractivity contribution in [1.82, 2.24) is 19.6 Å². The van der Waals surface area contributed by atoms with E-state index in [1.165, 1.54) is 6.42 Å². The van der Waals surface area contributed by atoms with Gasteiger partial charge in [-0.2, -0.15) is 0 Å². The molecule has 0 aliphatic heterocycles. The second-order valence-corrected chi connectivity index (χ2v) is 5.01. The zero-order valence-electron chi connectivity index (χ0n) is 10.8. The molecule has 0 atom stereocenters. The molecule has 2 aromatic heterocycles. The van der Waals surface area contributed by atoms with Gasteiger partial charge in [-0.1, -0.05) is 29.3 Å². The Morgan fingerprint density at radius 1 is 1.33 bits per heavy atom. The highest BCUT2D eigenvalue weighted by atomic mass is 79.9. The maximum atomic E-state index is 4.47. The first-order chi connectivity index (χ1) is 8.77. The van der Waals surface area contributed by atoms with Gasteiger partial charge in [0.1, 0.15) is 5.82 Å². The average molecular weight is 312 g/mol. The van der Waals surface area contributed by atoms with E-state index < -0.39 is 0 Å². The lowest BCUT2D eigenvalue weighted by molar-refractivity contribution is 0.727. The number of halogens is 1. The number of hydrogen-bond acceptors (Lipinski definition) is 4. The first-order valence-corrected chi connectivity index (χ1v) is 7.37. The number of aromatic nitrogens is 4.